The monoisotopic (exact) mass is 436 g/mol. The smallest absolute Gasteiger partial charge is 0.468 e. The first-order chi connectivity index (χ1) is 11.7. The maximum absolute atomic E-state index is 13.2. The number of hydrogen-bond acceptors (Lipinski definition) is 6. The van der Waals surface area contributed by atoms with Crippen molar-refractivity contribution in [1.29, 1.82) is 0 Å². The van der Waals surface area contributed by atoms with Gasteiger partial charge in [-0.05, 0) is 6.92 Å². The van der Waals surface area contributed by atoms with Gasteiger partial charge in [0.25, 0.3) is 0 Å². The number of alkyl halides is 7. The fraction of sp³-hybridized carbons (Fsp3) is 0.636. The van der Waals surface area contributed by atoms with Crippen molar-refractivity contribution in [3.63, 3.8) is 0 Å². The lowest BCUT2D eigenvalue weighted by Gasteiger charge is -2.31. The van der Waals surface area contributed by atoms with Crippen LogP contribution < -0.4 is 0 Å². The first-order valence-electron chi connectivity index (χ1n) is 6.28. The topological polar surface area (TPSA) is 127 Å². The molecule has 0 bridgehead atoms. The zero-order chi connectivity index (χ0) is 22.1. The van der Waals surface area contributed by atoms with E-state index in [9.17, 15) is 48.7 Å². The van der Waals surface area contributed by atoms with Gasteiger partial charge in [-0.2, -0.15) is 39.2 Å². The highest BCUT2D eigenvalue weighted by atomic mass is 32.2. The molecule has 0 aromatic rings. The molecule has 0 rings (SSSR count). The van der Waals surface area contributed by atoms with Gasteiger partial charge in [0.15, 0.2) is 0 Å². The van der Waals surface area contributed by atoms with Crippen LogP contribution in [-0.4, -0.2) is 59.8 Å². The summed E-state index contributed by atoms with van der Waals surface area (Å²) in [5, 5.41) is 2.56. The van der Waals surface area contributed by atoms with Crippen molar-refractivity contribution in [1.82, 2.24) is 0 Å². The van der Waals surface area contributed by atoms with Crippen molar-refractivity contribution in [2.45, 2.75) is 36.5 Å². The molecule has 0 amide bonds. The van der Waals surface area contributed by atoms with Gasteiger partial charge in [-0.3, -0.25) is 4.55 Å². The van der Waals surface area contributed by atoms with Crippen molar-refractivity contribution in [3.05, 3.63) is 12.2 Å². The van der Waals surface area contributed by atoms with E-state index in [2.05, 4.69) is 16.1 Å². The standard InChI is InChI=1S/C11H11F7O8S/c1-5(2)6(19)26-9(7(20)21,10(14,15)16)25-4-3-8(12,13)11(17,18)27(22,23)24/h1,3-4H2,2H3,(H,20,21)(H,22,23,24). The molecule has 0 aromatic heterocycles. The Morgan fingerprint density at radius 1 is 1.07 bits per heavy atom. The first kappa shape index (κ1) is 25.1. The van der Waals surface area contributed by atoms with Crippen LogP contribution in [0.25, 0.3) is 0 Å². The molecule has 27 heavy (non-hydrogen) atoms. The summed E-state index contributed by atoms with van der Waals surface area (Å²) >= 11 is 0. The number of carboxylic acid groups (broad SMARTS) is 1. The molecule has 0 fully saturated rings. The molecule has 8 nitrogen and oxygen atoms in total. The van der Waals surface area contributed by atoms with E-state index in [1.54, 1.807) is 0 Å². The minimum Gasteiger partial charge on any atom is -0.476 e. The fourth-order valence-electron chi connectivity index (χ4n) is 1.27. The zero-order valence-electron chi connectivity index (χ0n) is 13.0. The van der Waals surface area contributed by atoms with E-state index in [1.807, 2.05) is 0 Å². The van der Waals surface area contributed by atoms with Gasteiger partial charge in [-0.25, -0.2) is 9.59 Å². The van der Waals surface area contributed by atoms with E-state index < -0.39 is 63.8 Å². The number of carbonyl (C=O) groups is 2. The van der Waals surface area contributed by atoms with E-state index in [0.29, 0.717) is 0 Å². The van der Waals surface area contributed by atoms with Gasteiger partial charge in [-0.15, -0.1) is 0 Å². The predicted molar refractivity (Wildman–Crippen MR) is 69.3 cm³/mol. The Bertz CT molecular complexity index is 715. The highest BCUT2D eigenvalue weighted by Crippen LogP contribution is 2.42. The average Bonchev–Trinajstić information content (AvgIpc) is 2.42. The number of ether oxygens (including phenoxy) is 2. The third kappa shape index (κ3) is 5.07. The highest BCUT2D eigenvalue weighted by Gasteiger charge is 2.69. The minimum atomic E-state index is -6.68. The van der Waals surface area contributed by atoms with E-state index in [-0.39, 0.29) is 0 Å². The molecule has 0 aromatic carbocycles. The summed E-state index contributed by atoms with van der Waals surface area (Å²) in [6.45, 7) is 1.48. The second-order valence-corrected chi connectivity index (χ2v) is 6.35. The van der Waals surface area contributed by atoms with Crippen LogP contribution in [0, 0.1) is 0 Å². The van der Waals surface area contributed by atoms with Crippen molar-refractivity contribution in [3.8, 4) is 0 Å². The van der Waals surface area contributed by atoms with Gasteiger partial charge in [0.1, 0.15) is 0 Å². The predicted octanol–water partition coefficient (Wildman–Crippen LogP) is 1.97. The SMILES string of the molecule is C=C(C)C(=O)OC(OCCC(F)(F)C(F)(F)S(=O)(=O)O)(C(=O)O)C(F)(F)F. The number of aliphatic carboxylic acids is 1. The molecule has 0 saturated carbocycles. The number of hydrogen-bond donors (Lipinski definition) is 2. The lowest BCUT2D eigenvalue weighted by molar-refractivity contribution is -0.355. The molecule has 0 aliphatic heterocycles. The maximum atomic E-state index is 13.2. The van der Waals surface area contributed by atoms with Crippen LogP contribution in [0.5, 0.6) is 0 Å². The zero-order valence-corrected chi connectivity index (χ0v) is 13.8. The first-order valence-corrected chi connectivity index (χ1v) is 7.72. The maximum Gasteiger partial charge on any atom is 0.468 e. The summed E-state index contributed by atoms with van der Waals surface area (Å²) in [6, 6.07) is 0. The van der Waals surface area contributed by atoms with Crippen LogP contribution in [0.2, 0.25) is 0 Å². The largest absolute Gasteiger partial charge is 0.476 e. The van der Waals surface area contributed by atoms with Crippen molar-refractivity contribution >= 4 is 22.1 Å². The van der Waals surface area contributed by atoms with E-state index >= 15 is 0 Å². The lowest BCUT2D eigenvalue weighted by atomic mass is 10.2. The number of carbonyl (C=O) groups excluding carboxylic acids is 1. The summed E-state index contributed by atoms with van der Waals surface area (Å²) < 4.78 is 127. The molecule has 0 heterocycles. The Hall–Kier alpha value is -1.94. The van der Waals surface area contributed by atoms with Crippen molar-refractivity contribution in [2.24, 2.45) is 0 Å². The summed E-state index contributed by atoms with van der Waals surface area (Å²) in [6.07, 6.45) is -8.57. The molecule has 2 N–H and O–H groups in total. The van der Waals surface area contributed by atoms with Crippen molar-refractivity contribution < 1.29 is 67.9 Å². The quantitative estimate of drug-likeness (QED) is 0.185. The summed E-state index contributed by atoms with van der Waals surface area (Å²) in [5.74, 6) is -15.6. The van der Waals surface area contributed by atoms with Gasteiger partial charge < -0.3 is 14.6 Å². The average molecular weight is 436 g/mol. The number of halogens is 7. The molecular formula is C11H11F7O8S. The van der Waals surface area contributed by atoms with Gasteiger partial charge in [0.05, 0.1) is 6.61 Å². The second-order valence-electron chi connectivity index (χ2n) is 4.88. The molecule has 16 heteroatoms. The van der Waals surface area contributed by atoms with Crippen LogP contribution >= 0.6 is 0 Å². The van der Waals surface area contributed by atoms with Crippen LogP contribution in [0.4, 0.5) is 30.7 Å². The molecule has 1 atom stereocenters. The Balaban J connectivity index is 5.71. The number of carboxylic acids is 1. The molecule has 0 spiro atoms. The Morgan fingerprint density at radius 2 is 1.52 bits per heavy atom. The Morgan fingerprint density at radius 3 is 1.81 bits per heavy atom. The van der Waals surface area contributed by atoms with Gasteiger partial charge in [0, 0.05) is 12.0 Å². The molecule has 0 aliphatic rings. The third-order valence-electron chi connectivity index (χ3n) is 2.71. The van der Waals surface area contributed by atoms with Gasteiger partial charge >= 0.3 is 45.2 Å². The summed E-state index contributed by atoms with van der Waals surface area (Å²) in [7, 11) is -6.68. The van der Waals surface area contributed by atoms with E-state index in [1.165, 1.54) is 0 Å². The van der Waals surface area contributed by atoms with E-state index in [4.69, 9.17) is 9.66 Å². The number of esters is 1. The second kappa shape index (κ2) is 7.59. The molecular weight excluding hydrogens is 425 g/mol. The number of rotatable bonds is 9. The van der Waals surface area contributed by atoms with Crippen LogP contribution in [-0.2, 0) is 29.2 Å². The summed E-state index contributed by atoms with van der Waals surface area (Å²) in [5.41, 5.74) is -0.753. The summed E-state index contributed by atoms with van der Waals surface area (Å²) in [4.78, 5) is 22.1. The van der Waals surface area contributed by atoms with Crippen LogP contribution in [0.1, 0.15) is 13.3 Å². The molecule has 158 valence electrons. The minimum absolute atomic E-state index is 0.753. The van der Waals surface area contributed by atoms with Crippen LogP contribution in [0.15, 0.2) is 12.2 Å². The van der Waals surface area contributed by atoms with Gasteiger partial charge in [-0.1, -0.05) is 6.58 Å². The van der Waals surface area contributed by atoms with E-state index in [0.717, 1.165) is 6.92 Å². The van der Waals surface area contributed by atoms with Crippen molar-refractivity contribution in [2.75, 3.05) is 6.61 Å². The highest BCUT2D eigenvalue weighted by molar-refractivity contribution is 7.87. The molecule has 1 unspecified atom stereocenters. The third-order valence-corrected chi connectivity index (χ3v) is 3.66. The van der Waals surface area contributed by atoms with Gasteiger partial charge in [0.2, 0.25) is 0 Å². The molecule has 0 aliphatic carbocycles. The fourth-order valence-corrected chi connectivity index (χ4v) is 1.75. The molecule has 0 saturated heterocycles. The normalized spacial score (nSPS) is 15.7. The van der Waals surface area contributed by atoms with Crippen LogP contribution in [0.3, 0.4) is 0 Å². The Kier molecular flexibility index (Phi) is 7.04. The lowest BCUT2D eigenvalue weighted by Crippen LogP contribution is -2.58. The Labute approximate surface area is 146 Å². The molecule has 0 radical (unpaired) electrons.